The highest BCUT2D eigenvalue weighted by Crippen LogP contribution is 2.25. The van der Waals surface area contributed by atoms with Gasteiger partial charge in [-0.05, 0) is 29.8 Å². The van der Waals surface area contributed by atoms with Gasteiger partial charge in [-0.2, -0.15) is 0 Å². The minimum absolute atomic E-state index is 0.101. The predicted octanol–water partition coefficient (Wildman–Crippen LogP) is 3.82. The SMILES string of the molecule is O=C(CSc1nnc(-c2cccnc2)n1Cc1ccccc1)Nc1cccc(O)c1. The molecule has 0 atom stereocenters. The van der Waals surface area contributed by atoms with Crippen LogP contribution in [0.1, 0.15) is 5.56 Å². The average molecular weight is 417 g/mol. The molecule has 2 aromatic heterocycles. The standard InChI is InChI=1S/C22H19N5O2S/c28-19-10-4-9-18(12-19)24-20(29)15-30-22-26-25-21(17-8-5-11-23-13-17)27(22)14-16-6-2-1-3-7-16/h1-13,28H,14-15H2,(H,24,29). The average Bonchev–Trinajstić information content (AvgIpc) is 3.16. The smallest absolute Gasteiger partial charge is 0.234 e. The summed E-state index contributed by atoms with van der Waals surface area (Å²) in [4.78, 5) is 16.5. The molecule has 7 nitrogen and oxygen atoms in total. The van der Waals surface area contributed by atoms with E-state index in [4.69, 9.17) is 0 Å². The summed E-state index contributed by atoms with van der Waals surface area (Å²) in [5.74, 6) is 0.769. The maximum Gasteiger partial charge on any atom is 0.234 e. The molecular formula is C22H19N5O2S. The normalized spacial score (nSPS) is 10.7. The third-order valence-electron chi connectivity index (χ3n) is 4.28. The minimum Gasteiger partial charge on any atom is -0.508 e. The summed E-state index contributed by atoms with van der Waals surface area (Å²) in [5.41, 5.74) is 2.51. The minimum atomic E-state index is -0.192. The van der Waals surface area contributed by atoms with Gasteiger partial charge in [0.15, 0.2) is 11.0 Å². The molecule has 0 aliphatic carbocycles. The van der Waals surface area contributed by atoms with E-state index in [2.05, 4.69) is 20.5 Å². The van der Waals surface area contributed by atoms with Crippen molar-refractivity contribution in [2.75, 3.05) is 11.1 Å². The van der Waals surface area contributed by atoms with Gasteiger partial charge in [-0.15, -0.1) is 10.2 Å². The zero-order chi connectivity index (χ0) is 20.8. The van der Waals surface area contributed by atoms with Crippen molar-refractivity contribution in [1.29, 1.82) is 0 Å². The van der Waals surface area contributed by atoms with Crippen LogP contribution in [0.5, 0.6) is 5.75 Å². The molecule has 30 heavy (non-hydrogen) atoms. The quantitative estimate of drug-likeness (QED) is 0.444. The predicted molar refractivity (Wildman–Crippen MR) is 116 cm³/mol. The first-order valence-electron chi connectivity index (χ1n) is 9.28. The van der Waals surface area contributed by atoms with Crippen LogP contribution in [0.15, 0.2) is 84.3 Å². The van der Waals surface area contributed by atoms with Gasteiger partial charge in [0.05, 0.1) is 12.3 Å². The van der Waals surface area contributed by atoms with E-state index in [0.29, 0.717) is 23.2 Å². The molecule has 0 spiro atoms. The van der Waals surface area contributed by atoms with Crippen LogP contribution >= 0.6 is 11.8 Å². The fourth-order valence-corrected chi connectivity index (χ4v) is 3.66. The maximum absolute atomic E-state index is 12.4. The number of anilines is 1. The number of hydrogen-bond acceptors (Lipinski definition) is 6. The van der Waals surface area contributed by atoms with Crippen LogP contribution < -0.4 is 5.32 Å². The van der Waals surface area contributed by atoms with E-state index < -0.39 is 0 Å². The van der Waals surface area contributed by atoms with Crippen LogP contribution in [0.4, 0.5) is 5.69 Å². The van der Waals surface area contributed by atoms with Gasteiger partial charge in [-0.1, -0.05) is 48.2 Å². The molecule has 0 radical (unpaired) electrons. The van der Waals surface area contributed by atoms with Crippen molar-refractivity contribution in [3.05, 3.63) is 84.7 Å². The molecule has 4 aromatic rings. The Labute approximate surface area is 177 Å². The van der Waals surface area contributed by atoms with E-state index in [1.807, 2.05) is 47.0 Å². The zero-order valence-electron chi connectivity index (χ0n) is 16.0. The van der Waals surface area contributed by atoms with Crippen LogP contribution in [-0.2, 0) is 11.3 Å². The number of aromatic hydroxyl groups is 1. The first-order valence-corrected chi connectivity index (χ1v) is 10.3. The van der Waals surface area contributed by atoms with E-state index in [0.717, 1.165) is 11.1 Å². The molecule has 0 saturated carbocycles. The van der Waals surface area contributed by atoms with Crippen molar-refractivity contribution in [2.45, 2.75) is 11.7 Å². The molecule has 0 aliphatic heterocycles. The van der Waals surface area contributed by atoms with Crippen molar-refractivity contribution in [3.8, 4) is 17.1 Å². The molecule has 8 heteroatoms. The molecule has 0 unspecified atom stereocenters. The molecule has 2 heterocycles. The first kappa shape index (κ1) is 19.7. The summed E-state index contributed by atoms with van der Waals surface area (Å²) in [6.07, 6.45) is 3.46. The van der Waals surface area contributed by atoms with Gasteiger partial charge in [0.2, 0.25) is 5.91 Å². The van der Waals surface area contributed by atoms with E-state index in [9.17, 15) is 9.90 Å². The van der Waals surface area contributed by atoms with Gasteiger partial charge in [0, 0.05) is 29.7 Å². The molecule has 1 amide bonds. The van der Waals surface area contributed by atoms with Crippen molar-refractivity contribution < 1.29 is 9.90 Å². The third-order valence-corrected chi connectivity index (χ3v) is 5.25. The zero-order valence-corrected chi connectivity index (χ0v) is 16.8. The van der Waals surface area contributed by atoms with Crippen molar-refractivity contribution in [3.63, 3.8) is 0 Å². The summed E-state index contributed by atoms with van der Waals surface area (Å²) in [6.45, 7) is 0.578. The first-order chi connectivity index (χ1) is 14.7. The number of nitrogens with zero attached hydrogens (tertiary/aromatic N) is 4. The van der Waals surface area contributed by atoms with Crippen molar-refractivity contribution in [2.24, 2.45) is 0 Å². The second-order valence-electron chi connectivity index (χ2n) is 6.51. The Morgan fingerprint density at radius 2 is 1.90 bits per heavy atom. The Morgan fingerprint density at radius 3 is 2.67 bits per heavy atom. The number of amides is 1. The lowest BCUT2D eigenvalue weighted by Gasteiger charge is -2.10. The fraction of sp³-hybridized carbons (Fsp3) is 0.0909. The van der Waals surface area contributed by atoms with Gasteiger partial charge >= 0.3 is 0 Å². The Hall–Kier alpha value is -3.65. The highest BCUT2D eigenvalue weighted by atomic mass is 32.2. The monoisotopic (exact) mass is 417 g/mol. The van der Waals surface area contributed by atoms with Crippen LogP contribution in [0.2, 0.25) is 0 Å². The van der Waals surface area contributed by atoms with Gasteiger partial charge < -0.3 is 10.4 Å². The number of phenolic OH excluding ortho intramolecular Hbond substituents is 1. The molecule has 4 rings (SSSR count). The van der Waals surface area contributed by atoms with Crippen LogP contribution in [0.25, 0.3) is 11.4 Å². The van der Waals surface area contributed by atoms with Gasteiger partial charge in [0.25, 0.3) is 0 Å². The Kier molecular flexibility index (Phi) is 6.05. The molecular weight excluding hydrogens is 398 g/mol. The van der Waals surface area contributed by atoms with Crippen LogP contribution in [-0.4, -0.2) is 36.5 Å². The maximum atomic E-state index is 12.4. The summed E-state index contributed by atoms with van der Waals surface area (Å²) in [5, 5.41) is 21.6. The summed E-state index contributed by atoms with van der Waals surface area (Å²) < 4.78 is 1.98. The highest BCUT2D eigenvalue weighted by molar-refractivity contribution is 7.99. The number of carbonyl (C=O) groups excluding carboxylic acids is 1. The number of nitrogens with one attached hydrogen (secondary N) is 1. The molecule has 2 aromatic carbocycles. The molecule has 0 fully saturated rings. The summed E-state index contributed by atoms with van der Waals surface area (Å²) in [7, 11) is 0. The summed E-state index contributed by atoms with van der Waals surface area (Å²) in [6, 6.07) is 20.3. The molecule has 2 N–H and O–H groups in total. The van der Waals surface area contributed by atoms with Crippen LogP contribution in [0, 0.1) is 0 Å². The number of hydrogen-bond donors (Lipinski definition) is 2. The van der Waals surface area contributed by atoms with Crippen molar-refractivity contribution in [1.82, 2.24) is 19.7 Å². The molecule has 0 saturated heterocycles. The second kappa shape index (κ2) is 9.23. The molecule has 150 valence electrons. The van der Waals surface area contributed by atoms with Crippen LogP contribution in [0.3, 0.4) is 0 Å². The second-order valence-corrected chi connectivity index (χ2v) is 7.45. The van der Waals surface area contributed by atoms with Gasteiger partial charge in [-0.25, -0.2) is 0 Å². The molecule has 0 bridgehead atoms. The van der Waals surface area contributed by atoms with Crippen molar-refractivity contribution >= 4 is 23.4 Å². The number of phenols is 1. The fourth-order valence-electron chi connectivity index (χ4n) is 2.92. The lowest BCUT2D eigenvalue weighted by atomic mass is 10.2. The highest BCUT2D eigenvalue weighted by Gasteiger charge is 2.16. The van der Waals surface area contributed by atoms with E-state index in [-0.39, 0.29) is 17.4 Å². The number of carbonyl (C=O) groups is 1. The Balaban J connectivity index is 1.53. The number of pyridine rings is 1. The number of aromatic nitrogens is 4. The lowest BCUT2D eigenvalue weighted by molar-refractivity contribution is -0.113. The lowest BCUT2D eigenvalue weighted by Crippen LogP contribution is -2.14. The van der Waals surface area contributed by atoms with E-state index in [1.165, 1.54) is 17.8 Å². The van der Waals surface area contributed by atoms with E-state index >= 15 is 0 Å². The van der Waals surface area contributed by atoms with Gasteiger partial charge in [0.1, 0.15) is 5.75 Å². The largest absolute Gasteiger partial charge is 0.508 e. The number of rotatable bonds is 7. The summed E-state index contributed by atoms with van der Waals surface area (Å²) >= 11 is 1.31. The topological polar surface area (TPSA) is 92.9 Å². The Morgan fingerprint density at radius 1 is 1.03 bits per heavy atom. The Bertz CT molecular complexity index is 1130. The number of benzene rings is 2. The third kappa shape index (κ3) is 4.84. The van der Waals surface area contributed by atoms with Gasteiger partial charge in [-0.3, -0.25) is 14.3 Å². The van der Waals surface area contributed by atoms with E-state index in [1.54, 1.807) is 30.6 Å². The number of thioether (sulfide) groups is 1. The molecule has 0 aliphatic rings.